The third kappa shape index (κ3) is 3.63. The second-order valence-corrected chi connectivity index (χ2v) is 4.96. The standard InChI is InChI=1S/C16H20N2O2/c1-12(10-13-4-7-15(20-3)8-5-13)17-14-6-9-16(19)18(2)11-14/h4-9,11-12,17H,10H2,1-3H3. The summed E-state index contributed by atoms with van der Waals surface area (Å²) in [7, 11) is 3.42. The van der Waals surface area contributed by atoms with Crippen LogP contribution in [0.2, 0.25) is 0 Å². The fraction of sp³-hybridized carbons (Fsp3) is 0.312. The summed E-state index contributed by atoms with van der Waals surface area (Å²) >= 11 is 0. The largest absolute Gasteiger partial charge is 0.497 e. The van der Waals surface area contributed by atoms with E-state index in [0.717, 1.165) is 17.9 Å². The van der Waals surface area contributed by atoms with Crippen LogP contribution in [0.5, 0.6) is 5.75 Å². The lowest BCUT2D eigenvalue weighted by Crippen LogP contribution is -2.21. The van der Waals surface area contributed by atoms with Crippen LogP contribution in [-0.2, 0) is 13.5 Å². The van der Waals surface area contributed by atoms with Gasteiger partial charge in [0.05, 0.1) is 12.8 Å². The van der Waals surface area contributed by atoms with Crippen molar-refractivity contribution in [1.82, 2.24) is 4.57 Å². The van der Waals surface area contributed by atoms with Crippen LogP contribution in [-0.4, -0.2) is 17.7 Å². The Morgan fingerprint density at radius 2 is 1.90 bits per heavy atom. The van der Waals surface area contributed by atoms with Crippen LogP contribution in [0.3, 0.4) is 0 Å². The zero-order chi connectivity index (χ0) is 14.5. The van der Waals surface area contributed by atoms with Crippen molar-refractivity contribution in [1.29, 1.82) is 0 Å². The predicted molar refractivity (Wildman–Crippen MR) is 81.5 cm³/mol. The molecule has 0 spiro atoms. The Hall–Kier alpha value is -2.23. The molecule has 4 nitrogen and oxygen atoms in total. The SMILES string of the molecule is COc1ccc(CC(C)Nc2ccc(=O)n(C)c2)cc1. The molecule has 0 saturated heterocycles. The van der Waals surface area contributed by atoms with Gasteiger partial charge in [-0.2, -0.15) is 0 Å². The maximum absolute atomic E-state index is 11.3. The highest BCUT2D eigenvalue weighted by Gasteiger charge is 2.04. The van der Waals surface area contributed by atoms with Gasteiger partial charge in [-0.3, -0.25) is 4.79 Å². The summed E-state index contributed by atoms with van der Waals surface area (Å²) in [6.07, 6.45) is 2.72. The Balaban J connectivity index is 1.98. The van der Waals surface area contributed by atoms with Crippen LogP contribution < -0.4 is 15.6 Å². The highest BCUT2D eigenvalue weighted by atomic mass is 16.5. The van der Waals surface area contributed by atoms with Crippen molar-refractivity contribution in [3.8, 4) is 5.75 Å². The van der Waals surface area contributed by atoms with E-state index in [2.05, 4.69) is 24.4 Å². The molecule has 0 aliphatic heterocycles. The van der Waals surface area contributed by atoms with E-state index in [-0.39, 0.29) is 11.6 Å². The summed E-state index contributed by atoms with van der Waals surface area (Å²) in [6.45, 7) is 2.12. The van der Waals surface area contributed by atoms with Gasteiger partial charge in [-0.1, -0.05) is 12.1 Å². The van der Waals surface area contributed by atoms with Gasteiger partial charge in [-0.05, 0) is 37.1 Å². The van der Waals surface area contributed by atoms with Crippen molar-refractivity contribution >= 4 is 5.69 Å². The molecule has 20 heavy (non-hydrogen) atoms. The molecule has 0 amide bonds. The van der Waals surface area contributed by atoms with Gasteiger partial charge in [-0.15, -0.1) is 0 Å². The molecule has 106 valence electrons. The Morgan fingerprint density at radius 1 is 1.20 bits per heavy atom. The molecule has 0 bridgehead atoms. The van der Waals surface area contributed by atoms with Crippen molar-refractivity contribution in [3.05, 3.63) is 58.5 Å². The Kier molecular flexibility index (Phi) is 4.45. The highest BCUT2D eigenvalue weighted by molar-refractivity contribution is 5.41. The molecule has 4 heteroatoms. The van der Waals surface area contributed by atoms with Gasteiger partial charge in [0.2, 0.25) is 5.56 Å². The third-order valence-electron chi connectivity index (χ3n) is 3.20. The lowest BCUT2D eigenvalue weighted by Gasteiger charge is -2.16. The molecule has 1 heterocycles. The number of anilines is 1. The number of nitrogens with zero attached hydrogens (tertiary/aromatic N) is 1. The van der Waals surface area contributed by atoms with E-state index in [0.29, 0.717) is 0 Å². The van der Waals surface area contributed by atoms with Crippen molar-refractivity contribution in [2.45, 2.75) is 19.4 Å². The molecule has 0 aliphatic carbocycles. The summed E-state index contributed by atoms with van der Waals surface area (Å²) in [6, 6.07) is 11.7. The topological polar surface area (TPSA) is 43.3 Å². The summed E-state index contributed by atoms with van der Waals surface area (Å²) in [4.78, 5) is 11.3. The van der Waals surface area contributed by atoms with Crippen LogP contribution in [0, 0.1) is 0 Å². The van der Waals surface area contributed by atoms with E-state index in [4.69, 9.17) is 4.74 Å². The zero-order valence-corrected chi connectivity index (χ0v) is 12.1. The van der Waals surface area contributed by atoms with E-state index in [1.807, 2.05) is 24.4 Å². The Labute approximate surface area is 119 Å². The van der Waals surface area contributed by atoms with Crippen LogP contribution in [0.1, 0.15) is 12.5 Å². The van der Waals surface area contributed by atoms with Gasteiger partial charge in [0, 0.05) is 25.4 Å². The molecule has 2 aromatic rings. The first-order valence-corrected chi connectivity index (χ1v) is 6.64. The molecule has 0 radical (unpaired) electrons. The molecule has 1 unspecified atom stereocenters. The normalized spacial score (nSPS) is 11.9. The first-order valence-electron chi connectivity index (χ1n) is 6.64. The molecule has 1 N–H and O–H groups in total. The van der Waals surface area contributed by atoms with Gasteiger partial charge in [0.25, 0.3) is 0 Å². The molecular weight excluding hydrogens is 252 g/mol. The maximum atomic E-state index is 11.3. The van der Waals surface area contributed by atoms with E-state index >= 15 is 0 Å². The molecular formula is C16H20N2O2. The lowest BCUT2D eigenvalue weighted by molar-refractivity contribution is 0.414. The van der Waals surface area contributed by atoms with Crippen LogP contribution >= 0.6 is 0 Å². The van der Waals surface area contributed by atoms with Crippen molar-refractivity contribution in [2.75, 3.05) is 12.4 Å². The first kappa shape index (κ1) is 14.2. The highest BCUT2D eigenvalue weighted by Crippen LogP contribution is 2.14. The first-order chi connectivity index (χ1) is 9.58. The smallest absolute Gasteiger partial charge is 0.250 e. The minimum absolute atomic E-state index is 0.00152. The van der Waals surface area contributed by atoms with Gasteiger partial charge in [-0.25, -0.2) is 0 Å². The number of rotatable bonds is 5. The molecule has 1 aromatic carbocycles. The summed E-state index contributed by atoms with van der Waals surface area (Å²) in [5.41, 5.74) is 2.20. The second-order valence-electron chi connectivity index (χ2n) is 4.96. The summed E-state index contributed by atoms with van der Waals surface area (Å²) in [5, 5.41) is 3.40. The average molecular weight is 272 g/mol. The zero-order valence-electron chi connectivity index (χ0n) is 12.1. The minimum atomic E-state index is -0.00152. The number of methoxy groups -OCH3 is 1. The maximum Gasteiger partial charge on any atom is 0.250 e. The number of aromatic nitrogens is 1. The average Bonchev–Trinajstić information content (AvgIpc) is 2.44. The van der Waals surface area contributed by atoms with Gasteiger partial charge in [0.15, 0.2) is 0 Å². The number of ether oxygens (including phenoxy) is 1. The third-order valence-corrected chi connectivity index (χ3v) is 3.20. The van der Waals surface area contributed by atoms with E-state index in [9.17, 15) is 4.79 Å². The van der Waals surface area contributed by atoms with Crippen molar-refractivity contribution in [3.63, 3.8) is 0 Å². The van der Waals surface area contributed by atoms with Gasteiger partial charge in [0.1, 0.15) is 5.75 Å². The summed E-state index contributed by atoms with van der Waals surface area (Å²) < 4.78 is 6.72. The fourth-order valence-corrected chi connectivity index (χ4v) is 2.13. The quantitative estimate of drug-likeness (QED) is 0.909. The molecule has 1 atom stereocenters. The number of hydrogen-bond donors (Lipinski definition) is 1. The van der Waals surface area contributed by atoms with E-state index in [1.165, 1.54) is 5.56 Å². The van der Waals surface area contributed by atoms with Crippen molar-refractivity contribution in [2.24, 2.45) is 7.05 Å². The van der Waals surface area contributed by atoms with Gasteiger partial charge < -0.3 is 14.6 Å². The van der Waals surface area contributed by atoms with Crippen LogP contribution in [0.25, 0.3) is 0 Å². The minimum Gasteiger partial charge on any atom is -0.497 e. The second kappa shape index (κ2) is 6.28. The number of hydrogen-bond acceptors (Lipinski definition) is 3. The van der Waals surface area contributed by atoms with Crippen LogP contribution in [0.4, 0.5) is 5.69 Å². The molecule has 1 aromatic heterocycles. The molecule has 0 saturated carbocycles. The number of pyridine rings is 1. The predicted octanol–water partition coefficient (Wildman–Crippen LogP) is 2.44. The van der Waals surface area contributed by atoms with Crippen molar-refractivity contribution < 1.29 is 4.74 Å². The number of aryl methyl sites for hydroxylation is 1. The lowest BCUT2D eigenvalue weighted by atomic mass is 10.1. The van der Waals surface area contributed by atoms with Gasteiger partial charge >= 0.3 is 0 Å². The van der Waals surface area contributed by atoms with Crippen LogP contribution in [0.15, 0.2) is 47.4 Å². The number of nitrogens with one attached hydrogen (secondary N) is 1. The monoisotopic (exact) mass is 272 g/mol. The molecule has 2 rings (SSSR count). The Bertz CT molecular complexity index is 617. The van der Waals surface area contributed by atoms with E-state index in [1.54, 1.807) is 24.8 Å². The molecule has 0 aliphatic rings. The summed E-state index contributed by atoms with van der Waals surface area (Å²) in [5.74, 6) is 0.868. The Morgan fingerprint density at radius 3 is 2.50 bits per heavy atom. The fourth-order valence-electron chi connectivity index (χ4n) is 2.13. The van der Waals surface area contributed by atoms with E-state index < -0.39 is 0 Å². The number of benzene rings is 1. The molecule has 0 fully saturated rings.